The second-order valence-corrected chi connectivity index (χ2v) is 5.98. The summed E-state index contributed by atoms with van der Waals surface area (Å²) in [5.41, 5.74) is 0.573. The molecule has 0 heterocycles. The first-order chi connectivity index (χ1) is 7.83. The topological polar surface area (TPSA) is 0 Å². The van der Waals surface area contributed by atoms with Crippen molar-refractivity contribution in [3.05, 3.63) is 0 Å². The van der Waals surface area contributed by atoms with Crippen LogP contribution in [-0.4, -0.2) is 5.88 Å². The average Bonchev–Trinajstić information content (AvgIpc) is 2.25. The van der Waals surface area contributed by atoms with Gasteiger partial charge in [-0.15, -0.1) is 11.6 Å². The van der Waals surface area contributed by atoms with Crippen LogP contribution in [0.15, 0.2) is 0 Å². The van der Waals surface area contributed by atoms with Gasteiger partial charge in [0.2, 0.25) is 0 Å². The summed E-state index contributed by atoms with van der Waals surface area (Å²) >= 11 is 6.06. The monoisotopic (exact) mass is 244 g/mol. The summed E-state index contributed by atoms with van der Waals surface area (Å²) in [7, 11) is 0. The van der Waals surface area contributed by atoms with Gasteiger partial charge in [0.05, 0.1) is 0 Å². The lowest BCUT2D eigenvalue weighted by atomic mass is 9.67. The van der Waals surface area contributed by atoms with Gasteiger partial charge in [0, 0.05) is 5.88 Å². The van der Waals surface area contributed by atoms with Gasteiger partial charge in [0.25, 0.3) is 0 Å². The van der Waals surface area contributed by atoms with Crippen molar-refractivity contribution in [1.29, 1.82) is 0 Å². The van der Waals surface area contributed by atoms with Crippen molar-refractivity contribution in [3.8, 4) is 0 Å². The van der Waals surface area contributed by atoms with Crippen LogP contribution in [0.1, 0.15) is 84.0 Å². The SMILES string of the molecule is CCCCCCCCCCC1(CCl)CCC1. The van der Waals surface area contributed by atoms with Crippen molar-refractivity contribution in [1.82, 2.24) is 0 Å². The number of hydrogen-bond acceptors (Lipinski definition) is 0. The molecule has 0 aliphatic heterocycles. The van der Waals surface area contributed by atoms with E-state index in [1.165, 1.54) is 77.0 Å². The van der Waals surface area contributed by atoms with Crippen LogP contribution in [0.25, 0.3) is 0 Å². The normalized spacial score (nSPS) is 18.4. The fourth-order valence-electron chi connectivity index (χ4n) is 2.76. The maximum atomic E-state index is 6.06. The summed E-state index contributed by atoms with van der Waals surface area (Å²) in [4.78, 5) is 0. The van der Waals surface area contributed by atoms with Crippen LogP contribution in [-0.2, 0) is 0 Å². The first-order valence-corrected chi connectivity index (χ1v) is 7.92. The van der Waals surface area contributed by atoms with Crippen LogP contribution < -0.4 is 0 Å². The zero-order valence-corrected chi connectivity index (χ0v) is 11.8. The Morgan fingerprint density at radius 1 is 0.875 bits per heavy atom. The first kappa shape index (κ1) is 14.4. The van der Waals surface area contributed by atoms with Crippen LogP contribution in [0.5, 0.6) is 0 Å². The van der Waals surface area contributed by atoms with Crippen LogP contribution in [0.2, 0.25) is 0 Å². The highest BCUT2D eigenvalue weighted by atomic mass is 35.5. The predicted octanol–water partition coefficient (Wildman–Crippen LogP) is 5.93. The van der Waals surface area contributed by atoms with Gasteiger partial charge in [0.15, 0.2) is 0 Å². The molecule has 0 N–H and O–H groups in total. The Hall–Kier alpha value is 0.290. The van der Waals surface area contributed by atoms with Crippen molar-refractivity contribution in [3.63, 3.8) is 0 Å². The average molecular weight is 245 g/mol. The second kappa shape index (κ2) is 8.39. The van der Waals surface area contributed by atoms with Crippen molar-refractivity contribution in [2.75, 3.05) is 5.88 Å². The summed E-state index contributed by atoms with van der Waals surface area (Å²) in [6, 6.07) is 0. The molecular formula is C15H29Cl. The summed E-state index contributed by atoms with van der Waals surface area (Å²) in [6.07, 6.45) is 17.0. The molecule has 0 bridgehead atoms. The van der Waals surface area contributed by atoms with Gasteiger partial charge in [-0.3, -0.25) is 0 Å². The Balaban J connectivity index is 1.84. The molecule has 1 aliphatic rings. The third-order valence-corrected chi connectivity index (χ3v) is 4.83. The molecule has 0 radical (unpaired) electrons. The quantitative estimate of drug-likeness (QED) is 0.330. The maximum Gasteiger partial charge on any atom is 0.0279 e. The molecule has 1 fully saturated rings. The minimum Gasteiger partial charge on any atom is -0.126 e. The maximum absolute atomic E-state index is 6.06. The van der Waals surface area contributed by atoms with E-state index < -0.39 is 0 Å². The van der Waals surface area contributed by atoms with Gasteiger partial charge in [-0.25, -0.2) is 0 Å². The largest absolute Gasteiger partial charge is 0.126 e. The van der Waals surface area contributed by atoms with Crippen molar-refractivity contribution in [2.45, 2.75) is 84.0 Å². The number of rotatable bonds is 10. The van der Waals surface area contributed by atoms with E-state index in [1.54, 1.807) is 0 Å². The van der Waals surface area contributed by atoms with Crippen LogP contribution >= 0.6 is 11.6 Å². The number of hydrogen-bond donors (Lipinski definition) is 0. The van der Waals surface area contributed by atoms with Crippen molar-refractivity contribution >= 4 is 11.6 Å². The molecule has 0 aromatic heterocycles. The van der Waals surface area contributed by atoms with E-state index >= 15 is 0 Å². The molecule has 0 unspecified atom stereocenters. The molecular weight excluding hydrogens is 216 g/mol. The van der Waals surface area contributed by atoms with Gasteiger partial charge in [-0.05, 0) is 24.7 Å². The van der Waals surface area contributed by atoms with E-state index in [2.05, 4.69) is 6.92 Å². The molecule has 0 aromatic carbocycles. The van der Waals surface area contributed by atoms with Gasteiger partial charge >= 0.3 is 0 Å². The third-order valence-electron chi connectivity index (χ3n) is 4.26. The molecule has 1 aliphatic carbocycles. The van der Waals surface area contributed by atoms with Crippen LogP contribution in [0.4, 0.5) is 0 Å². The predicted molar refractivity (Wildman–Crippen MR) is 74.2 cm³/mol. The number of unbranched alkanes of at least 4 members (excludes halogenated alkanes) is 7. The van der Waals surface area contributed by atoms with Crippen molar-refractivity contribution in [2.24, 2.45) is 5.41 Å². The van der Waals surface area contributed by atoms with E-state index in [-0.39, 0.29) is 0 Å². The molecule has 0 nitrogen and oxygen atoms in total. The van der Waals surface area contributed by atoms with Gasteiger partial charge < -0.3 is 0 Å². The zero-order valence-electron chi connectivity index (χ0n) is 11.1. The number of alkyl halides is 1. The highest BCUT2D eigenvalue weighted by Crippen LogP contribution is 2.45. The Morgan fingerprint density at radius 2 is 1.44 bits per heavy atom. The van der Waals surface area contributed by atoms with Crippen LogP contribution in [0, 0.1) is 5.41 Å². The Kier molecular flexibility index (Phi) is 7.53. The molecule has 1 saturated carbocycles. The molecule has 0 spiro atoms. The highest BCUT2D eigenvalue weighted by molar-refractivity contribution is 6.18. The second-order valence-electron chi connectivity index (χ2n) is 5.71. The lowest BCUT2D eigenvalue weighted by Crippen LogP contribution is -2.30. The van der Waals surface area contributed by atoms with E-state index in [1.807, 2.05) is 0 Å². The molecule has 96 valence electrons. The molecule has 0 atom stereocenters. The van der Waals surface area contributed by atoms with Crippen LogP contribution in [0.3, 0.4) is 0 Å². The summed E-state index contributed by atoms with van der Waals surface area (Å²) in [6.45, 7) is 2.28. The van der Waals surface area contributed by atoms with E-state index in [4.69, 9.17) is 11.6 Å². The lowest BCUT2D eigenvalue weighted by molar-refractivity contribution is 0.146. The summed E-state index contributed by atoms with van der Waals surface area (Å²) in [5.74, 6) is 0.906. The van der Waals surface area contributed by atoms with E-state index in [0.717, 1.165) is 5.88 Å². The van der Waals surface area contributed by atoms with Gasteiger partial charge in [-0.1, -0.05) is 64.7 Å². The molecule has 16 heavy (non-hydrogen) atoms. The third kappa shape index (κ3) is 5.08. The Bertz CT molecular complexity index is 155. The van der Waals surface area contributed by atoms with Gasteiger partial charge in [0.1, 0.15) is 0 Å². The minimum absolute atomic E-state index is 0.573. The molecule has 1 heteroatoms. The fraction of sp³-hybridized carbons (Fsp3) is 1.00. The molecule has 0 aromatic rings. The van der Waals surface area contributed by atoms with E-state index in [0.29, 0.717) is 5.41 Å². The summed E-state index contributed by atoms with van der Waals surface area (Å²) < 4.78 is 0. The molecule has 1 rings (SSSR count). The van der Waals surface area contributed by atoms with E-state index in [9.17, 15) is 0 Å². The number of halogens is 1. The smallest absolute Gasteiger partial charge is 0.0279 e. The highest BCUT2D eigenvalue weighted by Gasteiger charge is 2.34. The first-order valence-electron chi connectivity index (χ1n) is 7.39. The summed E-state index contributed by atoms with van der Waals surface area (Å²) in [5, 5.41) is 0. The lowest BCUT2D eigenvalue weighted by Gasteiger charge is -2.40. The Labute approximate surface area is 107 Å². The van der Waals surface area contributed by atoms with Gasteiger partial charge in [-0.2, -0.15) is 0 Å². The Morgan fingerprint density at radius 3 is 1.88 bits per heavy atom. The zero-order chi connectivity index (χ0) is 11.7. The standard InChI is InChI=1S/C15H29Cl/c1-2-3-4-5-6-7-8-9-11-15(14-16)12-10-13-15/h2-14H2,1H3. The minimum atomic E-state index is 0.573. The molecule has 0 amide bonds. The fourth-order valence-corrected chi connectivity index (χ4v) is 3.16. The molecule has 0 saturated heterocycles. The van der Waals surface area contributed by atoms with Crippen molar-refractivity contribution < 1.29 is 0 Å².